The highest BCUT2D eigenvalue weighted by Crippen LogP contribution is 2.21. The minimum Gasteiger partial charge on any atom is -0.351 e. The minimum absolute atomic E-state index is 0.0173. The number of rotatable bonds is 7. The zero-order chi connectivity index (χ0) is 15.9. The van der Waals surface area contributed by atoms with Gasteiger partial charge in [0.25, 0.3) is 5.91 Å². The van der Waals surface area contributed by atoms with Gasteiger partial charge in [-0.15, -0.1) is 0 Å². The average molecular weight is 304 g/mol. The van der Waals surface area contributed by atoms with Gasteiger partial charge in [-0.2, -0.15) is 0 Å². The van der Waals surface area contributed by atoms with Crippen molar-refractivity contribution in [3.63, 3.8) is 0 Å². The van der Waals surface area contributed by atoms with Gasteiger partial charge in [0, 0.05) is 24.8 Å². The zero-order valence-corrected chi connectivity index (χ0v) is 14.1. The number of amides is 1. The van der Waals surface area contributed by atoms with Crippen LogP contribution < -0.4 is 5.32 Å². The van der Waals surface area contributed by atoms with Crippen LogP contribution in [0.5, 0.6) is 0 Å². The molecular formula is C17H28N4O. The molecule has 1 heterocycles. The summed E-state index contributed by atoms with van der Waals surface area (Å²) in [5, 5.41) is 3.39. The summed E-state index contributed by atoms with van der Waals surface area (Å²) >= 11 is 0. The minimum atomic E-state index is 0.0173. The summed E-state index contributed by atoms with van der Waals surface area (Å²) in [6, 6.07) is 2.24. The molecule has 1 N–H and O–H groups in total. The van der Waals surface area contributed by atoms with Gasteiger partial charge >= 0.3 is 0 Å². The van der Waals surface area contributed by atoms with Gasteiger partial charge in [-0.1, -0.05) is 26.7 Å². The Labute approximate surface area is 133 Å². The molecule has 22 heavy (non-hydrogen) atoms. The van der Waals surface area contributed by atoms with Crippen LogP contribution in [0, 0.1) is 6.92 Å². The number of anilines is 1. The van der Waals surface area contributed by atoms with E-state index >= 15 is 0 Å². The summed E-state index contributed by atoms with van der Waals surface area (Å²) in [7, 11) is 0. The third-order valence-electron chi connectivity index (χ3n) is 4.04. The molecule has 1 aliphatic rings. The normalized spacial score (nSPS) is 15.0. The fourth-order valence-electron chi connectivity index (χ4n) is 3.01. The van der Waals surface area contributed by atoms with E-state index in [1.807, 2.05) is 11.8 Å². The standard InChI is InChI=1S/C17H28N4O/c1-4-10-21(11-5-2)16(22)15-12-13(3)18-17(20-15)19-14-8-6-7-9-14/h12,14H,4-11H2,1-3H3,(H,18,19,20). The molecule has 0 bridgehead atoms. The molecular weight excluding hydrogens is 276 g/mol. The summed E-state index contributed by atoms with van der Waals surface area (Å²) in [6.07, 6.45) is 6.77. The van der Waals surface area contributed by atoms with Crippen LogP contribution in [-0.2, 0) is 0 Å². The van der Waals surface area contributed by atoms with Crippen molar-refractivity contribution in [3.05, 3.63) is 17.5 Å². The van der Waals surface area contributed by atoms with Crippen LogP contribution in [0.2, 0.25) is 0 Å². The van der Waals surface area contributed by atoms with Crippen LogP contribution in [0.4, 0.5) is 5.95 Å². The number of hydrogen-bond donors (Lipinski definition) is 1. The number of aryl methyl sites for hydroxylation is 1. The molecule has 122 valence electrons. The van der Waals surface area contributed by atoms with Gasteiger partial charge in [0.1, 0.15) is 5.69 Å². The molecule has 0 radical (unpaired) electrons. The molecule has 0 aliphatic heterocycles. The SMILES string of the molecule is CCCN(CCC)C(=O)c1cc(C)nc(NC2CCCC2)n1. The monoisotopic (exact) mass is 304 g/mol. The molecule has 1 fully saturated rings. The molecule has 1 aromatic rings. The van der Waals surface area contributed by atoms with E-state index in [2.05, 4.69) is 29.1 Å². The summed E-state index contributed by atoms with van der Waals surface area (Å²) < 4.78 is 0. The van der Waals surface area contributed by atoms with Gasteiger partial charge in [-0.3, -0.25) is 4.79 Å². The molecule has 2 rings (SSSR count). The van der Waals surface area contributed by atoms with Crippen molar-refractivity contribution in [2.24, 2.45) is 0 Å². The van der Waals surface area contributed by atoms with E-state index < -0.39 is 0 Å². The second kappa shape index (κ2) is 8.11. The zero-order valence-electron chi connectivity index (χ0n) is 14.1. The lowest BCUT2D eigenvalue weighted by Crippen LogP contribution is -2.33. The van der Waals surface area contributed by atoms with Gasteiger partial charge < -0.3 is 10.2 Å². The van der Waals surface area contributed by atoms with Crippen molar-refractivity contribution < 1.29 is 4.79 Å². The highest BCUT2D eigenvalue weighted by Gasteiger charge is 2.19. The van der Waals surface area contributed by atoms with Crippen LogP contribution in [0.3, 0.4) is 0 Å². The number of nitrogens with one attached hydrogen (secondary N) is 1. The Morgan fingerprint density at radius 3 is 2.45 bits per heavy atom. The molecule has 1 amide bonds. The maximum Gasteiger partial charge on any atom is 0.272 e. The van der Waals surface area contributed by atoms with E-state index in [1.54, 1.807) is 6.07 Å². The maximum absolute atomic E-state index is 12.7. The van der Waals surface area contributed by atoms with E-state index in [9.17, 15) is 4.79 Å². The summed E-state index contributed by atoms with van der Waals surface area (Å²) in [4.78, 5) is 23.5. The molecule has 0 atom stereocenters. The van der Waals surface area contributed by atoms with Crippen molar-refractivity contribution in [1.29, 1.82) is 0 Å². The van der Waals surface area contributed by atoms with Crippen LogP contribution in [-0.4, -0.2) is 39.9 Å². The fourth-order valence-corrected chi connectivity index (χ4v) is 3.01. The van der Waals surface area contributed by atoms with Gasteiger partial charge in [0.2, 0.25) is 5.95 Å². The predicted octanol–water partition coefficient (Wildman–Crippen LogP) is 3.40. The average Bonchev–Trinajstić information content (AvgIpc) is 2.98. The first-order valence-electron chi connectivity index (χ1n) is 8.55. The Bertz CT molecular complexity index is 491. The number of hydrogen-bond acceptors (Lipinski definition) is 4. The second-order valence-corrected chi connectivity index (χ2v) is 6.14. The molecule has 5 heteroatoms. The lowest BCUT2D eigenvalue weighted by atomic mass is 10.2. The van der Waals surface area contributed by atoms with Crippen molar-refractivity contribution in [2.75, 3.05) is 18.4 Å². The van der Waals surface area contributed by atoms with Crippen molar-refractivity contribution in [2.45, 2.75) is 65.3 Å². The Kier molecular flexibility index (Phi) is 6.16. The lowest BCUT2D eigenvalue weighted by molar-refractivity contribution is 0.0749. The molecule has 0 unspecified atom stereocenters. The number of aromatic nitrogens is 2. The molecule has 1 aromatic heterocycles. The highest BCUT2D eigenvalue weighted by atomic mass is 16.2. The summed E-state index contributed by atoms with van der Waals surface area (Å²) in [6.45, 7) is 7.66. The van der Waals surface area contributed by atoms with Crippen molar-refractivity contribution >= 4 is 11.9 Å². The number of carbonyl (C=O) groups is 1. The smallest absolute Gasteiger partial charge is 0.272 e. The van der Waals surface area contributed by atoms with E-state index in [-0.39, 0.29) is 5.91 Å². The van der Waals surface area contributed by atoms with Crippen LogP contribution >= 0.6 is 0 Å². The lowest BCUT2D eigenvalue weighted by Gasteiger charge is -2.21. The largest absolute Gasteiger partial charge is 0.351 e. The van der Waals surface area contributed by atoms with E-state index in [1.165, 1.54) is 25.7 Å². The van der Waals surface area contributed by atoms with E-state index in [0.29, 0.717) is 17.7 Å². The maximum atomic E-state index is 12.7. The molecule has 0 aromatic carbocycles. The van der Waals surface area contributed by atoms with Crippen molar-refractivity contribution in [3.8, 4) is 0 Å². The molecule has 0 spiro atoms. The molecule has 0 saturated heterocycles. The van der Waals surface area contributed by atoms with Gasteiger partial charge in [-0.05, 0) is 38.7 Å². The van der Waals surface area contributed by atoms with Crippen molar-refractivity contribution in [1.82, 2.24) is 14.9 Å². The van der Waals surface area contributed by atoms with Crippen LogP contribution in [0.25, 0.3) is 0 Å². The third kappa shape index (κ3) is 4.42. The van der Waals surface area contributed by atoms with E-state index in [4.69, 9.17) is 0 Å². The fraction of sp³-hybridized carbons (Fsp3) is 0.706. The molecule has 1 saturated carbocycles. The number of carbonyl (C=O) groups excluding carboxylic acids is 1. The quantitative estimate of drug-likeness (QED) is 0.838. The summed E-state index contributed by atoms with van der Waals surface area (Å²) in [5.41, 5.74) is 1.35. The topological polar surface area (TPSA) is 58.1 Å². The molecule has 5 nitrogen and oxygen atoms in total. The van der Waals surface area contributed by atoms with E-state index in [0.717, 1.165) is 31.6 Å². The second-order valence-electron chi connectivity index (χ2n) is 6.14. The Balaban J connectivity index is 2.14. The first-order chi connectivity index (χ1) is 10.6. The van der Waals surface area contributed by atoms with Gasteiger partial charge in [0.05, 0.1) is 0 Å². The third-order valence-corrected chi connectivity index (χ3v) is 4.04. The Morgan fingerprint density at radius 1 is 1.23 bits per heavy atom. The predicted molar refractivity (Wildman–Crippen MR) is 89.1 cm³/mol. The first-order valence-corrected chi connectivity index (χ1v) is 8.55. The Hall–Kier alpha value is -1.65. The van der Waals surface area contributed by atoms with Gasteiger partial charge in [0.15, 0.2) is 0 Å². The molecule has 1 aliphatic carbocycles. The van der Waals surface area contributed by atoms with Gasteiger partial charge in [-0.25, -0.2) is 9.97 Å². The summed E-state index contributed by atoms with van der Waals surface area (Å²) in [5.74, 6) is 0.617. The van der Waals surface area contributed by atoms with Crippen LogP contribution in [0.15, 0.2) is 6.07 Å². The number of nitrogens with zero attached hydrogens (tertiary/aromatic N) is 3. The Morgan fingerprint density at radius 2 is 1.86 bits per heavy atom. The highest BCUT2D eigenvalue weighted by molar-refractivity contribution is 5.92. The van der Waals surface area contributed by atoms with Crippen LogP contribution in [0.1, 0.15) is 68.6 Å². The first kappa shape index (κ1) is 16.7.